The summed E-state index contributed by atoms with van der Waals surface area (Å²) in [4.78, 5) is 18.0. The average Bonchev–Trinajstić information content (AvgIpc) is 2.53. The summed E-state index contributed by atoms with van der Waals surface area (Å²) in [6.07, 6.45) is 4.95. The van der Waals surface area contributed by atoms with Crippen molar-refractivity contribution in [1.29, 1.82) is 0 Å². The van der Waals surface area contributed by atoms with Crippen LogP contribution in [0.5, 0.6) is 0 Å². The van der Waals surface area contributed by atoms with Crippen LogP contribution >= 0.6 is 11.6 Å². The van der Waals surface area contributed by atoms with Crippen molar-refractivity contribution in [3.8, 4) is 0 Å². The summed E-state index contributed by atoms with van der Waals surface area (Å²) >= 11 is 5.88. The molecule has 0 radical (unpaired) electrons. The maximum atomic E-state index is 12.2. The van der Waals surface area contributed by atoms with Gasteiger partial charge in [-0.15, -0.1) is 0 Å². The van der Waals surface area contributed by atoms with E-state index in [0.29, 0.717) is 5.02 Å². The summed E-state index contributed by atoms with van der Waals surface area (Å²) < 4.78 is 0. The standard InChI is InChI=1S/C17H17ClN2O/c1-13(14-6-8-15(18)9-7-14)20(2)17(21)11-10-16-5-3-4-12-19-16/h3-13H,1-2H3/b11-10+/t13-/m1/s1. The lowest BCUT2D eigenvalue weighted by molar-refractivity contribution is -0.126. The summed E-state index contributed by atoms with van der Waals surface area (Å²) in [7, 11) is 1.78. The average molecular weight is 301 g/mol. The molecule has 108 valence electrons. The van der Waals surface area contributed by atoms with Crippen LogP contribution in [-0.4, -0.2) is 22.8 Å². The van der Waals surface area contributed by atoms with Gasteiger partial charge in [0.25, 0.3) is 0 Å². The molecule has 0 fully saturated rings. The lowest BCUT2D eigenvalue weighted by Crippen LogP contribution is -2.27. The number of carbonyl (C=O) groups is 1. The van der Waals surface area contributed by atoms with Gasteiger partial charge in [-0.3, -0.25) is 9.78 Å². The molecule has 0 N–H and O–H groups in total. The third-order valence-electron chi connectivity index (χ3n) is 3.37. The molecule has 0 aliphatic heterocycles. The third-order valence-corrected chi connectivity index (χ3v) is 3.62. The second-order valence-electron chi connectivity index (χ2n) is 4.76. The van der Waals surface area contributed by atoms with Gasteiger partial charge in [-0.05, 0) is 42.8 Å². The molecule has 1 aromatic carbocycles. The summed E-state index contributed by atoms with van der Waals surface area (Å²) in [5, 5.41) is 0.690. The van der Waals surface area contributed by atoms with Gasteiger partial charge in [0.2, 0.25) is 5.91 Å². The fraction of sp³-hybridized carbons (Fsp3) is 0.176. The zero-order valence-electron chi connectivity index (χ0n) is 12.0. The molecule has 4 heteroatoms. The van der Waals surface area contributed by atoms with Gasteiger partial charge < -0.3 is 4.90 Å². The van der Waals surface area contributed by atoms with Gasteiger partial charge in [-0.25, -0.2) is 0 Å². The topological polar surface area (TPSA) is 33.2 Å². The van der Waals surface area contributed by atoms with Crippen molar-refractivity contribution >= 4 is 23.6 Å². The van der Waals surface area contributed by atoms with Crippen LogP contribution in [0.25, 0.3) is 6.08 Å². The van der Waals surface area contributed by atoms with Crippen LogP contribution in [0.15, 0.2) is 54.7 Å². The molecule has 0 aliphatic carbocycles. The fourth-order valence-corrected chi connectivity index (χ4v) is 2.03. The zero-order valence-corrected chi connectivity index (χ0v) is 12.8. The molecule has 0 saturated heterocycles. The highest BCUT2D eigenvalue weighted by molar-refractivity contribution is 6.30. The first-order chi connectivity index (χ1) is 10.1. The molecule has 0 bridgehead atoms. The maximum Gasteiger partial charge on any atom is 0.246 e. The van der Waals surface area contributed by atoms with Gasteiger partial charge in [0.1, 0.15) is 0 Å². The maximum absolute atomic E-state index is 12.2. The molecule has 2 aromatic rings. The molecule has 0 aliphatic rings. The Morgan fingerprint density at radius 1 is 1.24 bits per heavy atom. The number of hydrogen-bond donors (Lipinski definition) is 0. The lowest BCUT2D eigenvalue weighted by Gasteiger charge is -2.24. The first-order valence-electron chi connectivity index (χ1n) is 6.69. The normalized spacial score (nSPS) is 12.3. The molecular weight excluding hydrogens is 284 g/mol. The Hall–Kier alpha value is -2.13. The monoisotopic (exact) mass is 300 g/mol. The van der Waals surface area contributed by atoms with Gasteiger partial charge in [0, 0.05) is 24.3 Å². The minimum Gasteiger partial charge on any atom is -0.335 e. The van der Waals surface area contributed by atoms with E-state index in [4.69, 9.17) is 11.6 Å². The SMILES string of the molecule is C[C@H](c1ccc(Cl)cc1)N(C)C(=O)/C=C/c1ccccn1. The van der Waals surface area contributed by atoms with Crippen LogP contribution in [0, 0.1) is 0 Å². The second-order valence-corrected chi connectivity index (χ2v) is 5.20. The Kier molecular flexibility index (Phi) is 5.12. The first-order valence-corrected chi connectivity index (χ1v) is 7.07. The number of rotatable bonds is 4. The van der Waals surface area contributed by atoms with Gasteiger partial charge in [-0.2, -0.15) is 0 Å². The Morgan fingerprint density at radius 3 is 2.57 bits per heavy atom. The predicted octanol–water partition coefficient (Wildman–Crippen LogP) is 3.97. The predicted molar refractivity (Wildman–Crippen MR) is 85.9 cm³/mol. The minimum absolute atomic E-state index is 0.0249. The molecule has 0 saturated carbocycles. The number of carbonyl (C=O) groups excluding carboxylic acids is 1. The van der Waals surface area contributed by atoms with Crippen LogP contribution in [0.4, 0.5) is 0 Å². The van der Waals surface area contributed by atoms with Gasteiger partial charge in [-0.1, -0.05) is 29.8 Å². The van der Waals surface area contributed by atoms with E-state index in [1.54, 1.807) is 24.2 Å². The van der Waals surface area contributed by atoms with Crippen molar-refractivity contribution in [3.63, 3.8) is 0 Å². The molecule has 1 amide bonds. The number of hydrogen-bond acceptors (Lipinski definition) is 2. The number of benzene rings is 1. The molecule has 1 atom stereocenters. The summed E-state index contributed by atoms with van der Waals surface area (Å²) in [5.41, 5.74) is 1.81. The van der Waals surface area contributed by atoms with Crippen molar-refractivity contribution in [2.24, 2.45) is 0 Å². The van der Waals surface area contributed by atoms with Crippen LogP contribution in [-0.2, 0) is 4.79 Å². The van der Waals surface area contributed by atoms with E-state index in [-0.39, 0.29) is 11.9 Å². The van der Waals surface area contributed by atoms with Gasteiger partial charge in [0.15, 0.2) is 0 Å². The number of likely N-dealkylation sites (N-methyl/N-ethyl adjacent to an activating group) is 1. The van der Waals surface area contributed by atoms with Crippen molar-refractivity contribution < 1.29 is 4.79 Å². The highest BCUT2D eigenvalue weighted by Gasteiger charge is 2.15. The van der Waals surface area contributed by atoms with Crippen LogP contribution in [0.3, 0.4) is 0 Å². The minimum atomic E-state index is -0.0666. The summed E-state index contributed by atoms with van der Waals surface area (Å²) in [5.74, 6) is -0.0666. The second kappa shape index (κ2) is 7.04. The first kappa shape index (κ1) is 15.3. The van der Waals surface area contributed by atoms with Crippen LogP contribution in [0.2, 0.25) is 5.02 Å². The van der Waals surface area contributed by atoms with Crippen molar-refractivity contribution in [2.45, 2.75) is 13.0 Å². The van der Waals surface area contributed by atoms with Gasteiger partial charge in [0.05, 0.1) is 11.7 Å². The van der Waals surface area contributed by atoms with Crippen molar-refractivity contribution in [1.82, 2.24) is 9.88 Å². The smallest absolute Gasteiger partial charge is 0.246 e. The van der Waals surface area contributed by atoms with E-state index in [0.717, 1.165) is 11.3 Å². The highest BCUT2D eigenvalue weighted by Crippen LogP contribution is 2.21. The lowest BCUT2D eigenvalue weighted by atomic mass is 10.1. The van der Waals surface area contributed by atoms with E-state index < -0.39 is 0 Å². The highest BCUT2D eigenvalue weighted by atomic mass is 35.5. The van der Waals surface area contributed by atoms with E-state index in [1.807, 2.05) is 49.4 Å². The Labute approximate surface area is 129 Å². The number of amides is 1. The molecular formula is C17H17ClN2O. The zero-order chi connectivity index (χ0) is 15.2. The van der Waals surface area contributed by atoms with Crippen molar-refractivity contribution in [3.05, 3.63) is 71.0 Å². The van der Waals surface area contributed by atoms with E-state index >= 15 is 0 Å². The summed E-state index contributed by atoms with van der Waals surface area (Å²) in [6.45, 7) is 1.98. The largest absolute Gasteiger partial charge is 0.335 e. The molecule has 0 spiro atoms. The molecule has 0 unspecified atom stereocenters. The molecule has 1 heterocycles. The Balaban J connectivity index is 2.05. The molecule has 2 rings (SSSR count). The van der Waals surface area contributed by atoms with Crippen molar-refractivity contribution in [2.75, 3.05) is 7.05 Å². The number of pyridine rings is 1. The van der Waals surface area contributed by atoms with E-state index in [2.05, 4.69) is 4.98 Å². The molecule has 1 aromatic heterocycles. The quantitative estimate of drug-likeness (QED) is 0.801. The van der Waals surface area contributed by atoms with Crippen LogP contribution in [0.1, 0.15) is 24.2 Å². The Morgan fingerprint density at radius 2 is 1.95 bits per heavy atom. The summed E-state index contributed by atoms with van der Waals surface area (Å²) in [6, 6.07) is 13.1. The molecule has 21 heavy (non-hydrogen) atoms. The third kappa shape index (κ3) is 4.17. The van der Waals surface area contributed by atoms with Gasteiger partial charge >= 0.3 is 0 Å². The number of nitrogens with zero attached hydrogens (tertiary/aromatic N) is 2. The van der Waals surface area contributed by atoms with E-state index in [1.165, 1.54) is 6.08 Å². The molecule has 3 nitrogen and oxygen atoms in total. The number of halogens is 1. The van der Waals surface area contributed by atoms with E-state index in [9.17, 15) is 4.79 Å². The van der Waals surface area contributed by atoms with Crippen LogP contribution < -0.4 is 0 Å². The number of aromatic nitrogens is 1. The Bertz CT molecular complexity index is 623. The fourth-order valence-electron chi connectivity index (χ4n) is 1.90.